The first kappa shape index (κ1) is 15.0. The lowest BCUT2D eigenvalue weighted by atomic mass is 10.0. The second-order valence-electron chi connectivity index (χ2n) is 4.94. The highest BCUT2D eigenvalue weighted by atomic mass is 16.7. The number of hydrogen-bond donors (Lipinski definition) is 2. The van der Waals surface area contributed by atoms with Gasteiger partial charge in [0, 0.05) is 38.6 Å². The van der Waals surface area contributed by atoms with Gasteiger partial charge in [0.05, 0.1) is 6.04 Å². The molecule has 0 amide bonds. The first-order valence-corrected chi connectivity index (χ1v) is 6.85. The van der Waals surface area contributed by atoms with E-state index >= 15 is 0 Å². The molecule has 0 bridgehead atoms. The minimum Gasteiger partial charge on any atom is -0.384 e. The molecule has 2 rings (SSSR count). The number of ketones is 1. The molecule has 1 heterocycles. The predicted molar refractivity (Wildman–Crippen MR) is 78.2 cm³/mol. The number of carbonyl (C=O) groups excluding carboxylic acids is 1. The summed E-state index contributed by atoms with van der Waals surface area (Å²) in [5.74, 6) is 0.0886. The van der Waals surface area contributed by atoms with Crippen molar-refractivity contribution >= 4 is 11.5 Å². The van der Waals surface area contributed by atoms with Gasteiger partial charge in [-0.15, -0.1) is 0 Å². The predicted octanol–water partition coefficient (Wildman–Crippen LogP) is 1.43. The molecule has 0 spiro atoms. The van der Waals surface area contributed by atoms with E-state index in [1.165, 1.54) is 5.56 Å². The number of nitrogens with one attached hydrogen (secondary N) is 2. The van der Waals surface area contributed by atoms with Crippen LogP contribution in [0.3, 0.4) is 0 Å². The maximum atomic E-state index is 12.4. The first-order valence-electron chi connectivity index (χ1n) is 6.85. The fourth-order valence-corrected chi connectivity index (χ4v) is 2.34. The van der Waals surface area contributed by atoms with E-state index in [-0.39, 0.29) is 18.1 Å². The Morgan fingerprint density at radius 2 is 2.15 bits per heavy atom. The highest BCUT2D eigenvalue weighted by molar-refractivity contribution is 6.00. The van der Waals surface area contributed by atoms with E-state index in [0.717, 1.165) is 24.2 Å². The molecule has 1 unspecified atom stereocenters. The highest BCUT2D eigenvalue weighted by Gasteiger charge is 2.19. The monoisotopic (exact) mass is 278 g/mol. The number of hydrogen-bond acceptors (Lipinski definition) is 5. The molecule has 20 heavy (non-hydrogen) atoms. The third kappa shape index (κ3) is 3.36. The van der Waals surface area contributed by atoms with Crippen LogP contribution in [0.15, 0.2) is 18.2 Å². The van der Waals surface area contributed by atoms with E-state index in [2.05, 4.69) is 10.6 Å². The molecule has 1 aromatic carbocycles. The van der Waals surface area contributed by atoms with E-state index < -0.39 is 0 Å². The van der Waals surface area contributed by atoms with E-state index in [9.17, 15) is 4.79 Å². The van der Waals surface area contributed by atoms with Gasteiger partial charge in [0.1, 0.15) is 0 Å². The van der Waals surface area contributed by atoms with Gasteiger partial charge >= 0.3 is 0 Å². The van der Waals surface area contributed by atoms with Crippen molar-refractivity contribution in [1.29, 1.82) is 0 Å². The van der Waals surface area contributed by atoms with Gasteiger partial charge in [-0.2, -0.15) is 0 Å². The van der Waals surface area contributed by atoms with Gasteiger partial charge in [-0.1, -0.05) is 0 Å². The van der Waals surface area contributed by atoms with E-state index in [1.54, 1.807) is 14.2 Å². The van der Waals surface area contributed by atoms with Crippen molar-refractivity contribution in [3.05, 3.63) is 29.3 Å². The van der Waals surface area contributed by atoms with Crippen LogP contribution >= 0.6 is 0 Å². The maximum absolute atomic E-state index is 12.4. The summed E-state index contributed by atoms with van der Waals surface area (Å²) in [6.07, 6.45) is 0.641. The van der Waals surface area contributed by atoms with Crippen molar-refractivity contribution in [3.63, 3.8) is 0 Å². The van der Waals surface area contributed by atoms with Crippen LogP contribution in [0.1, 0.15) is 22.8 Å². The summed E-state index contributed by atoms with van der Waals surface area (Å²) in [6, 6.07) is 5.58. The summed E-state index contributed by atoms with van der Waals surface area (Å²) in [7, 11) is 3.16. The molecule has 0 saturated carbocycles. The van der Waals surface area contributed by atoms with Crippen LogP contribution in [0.4, 0.5) is 5.69 Å². The highest BCUT2D eigenvalue weighted by Crippen LogP contribution is 2.23. The van der Waals surface area contributed by atoms with Crippen molar-refractivity contribution in [1.82, 2.24) is 5.32 Å². The van der Waals surface area contributed by atoms with Crippen LogP contribution in [-0.4, -0.2) is 45.4 Å². The number of methoxy groups -OCH3 is 2. The molecule has 1 aliphatic rings. The van der Waals surface area contributed by atoms with Gasteiger partial charge in [0.2, 0.25) is 0 Å². The molecule has 5 heteroatoms. The number of benzene rings is 1. The number of rotatable bonds is 7. The zero-order valence-corrected chi connectivity index (χ0v) is 12.2. The molecule has 0 fully saturated rings. The molecule has 0 saturated heterocycles. The number of anilines is 1. The SMILES string of the molecule is COC(CNC(C)C(=O)c1ccc2c(c1)CCN2)OC. The standard InChI is InChI=1S/C15H22N2O3/c1-10(17-9-14(19-2)20-3)15(18)12-4-5-13-11(8-12)6-7-16-13/h4-5,8,10,14,16-17H,6-7,9H2,1-3H3. The minimum absolute atomic E-state index is 0.0886. The zero-order valence-electron chi connectivity index (χ0n) is 12.2. The van der Waals surface area contributed by atoms with Gasteiger partial charge in [-0.05, 0) is 37.1 Å². The third-order valence-electron chi connectivity index (χ3n) is 3.61. The largest absolute Gasteiger partial charge is 0.384 e. The lowest BCUT2D eigenvalue weighted by Crippen LogP contribution is -2.40. The van der Waals surface area contributed by atoms with Gasteiger partial charge in [0.15, 0.2) is 12.1 Å². The number of fused-ring (bicyclic) bond motifs is 1. The minimum atomic E-state index is -0.338. The Hall–Kier alpha value is -1.43. The molecular formula is C15H22N2O3. The second kappa shape index (κ2) is 6.83. The molecule has 2 N–H and O–H groups in total. The lowest BCUT2D eigenvalue weighted by molar-refractivity contribution is -0.0992. The summed E-state index contributed by atoms with van der Waals surface area (Å²) >= 11 is 0. The smallest absolute Gasteiger partial charge is 0.179 e. The van der Waals surface area contributed by atoms with Crippen molar-refractivity contribution in [2.45, 2.75) is 25.7 Å². The Bertz CT molecular complexity index is 472. The Balaban J connectivity index is 1.96. The summed E-state index contributed by atoms with van der Waals surface area (Å²) in [5.41, 5.74) is 3.11. The normalized spacial score (nSPS) is 15.0. The average Bonchev–Trinajstić information content (AvgIpc) is 2.94. The van der Waals surface area contributed by atoms with Crippen LogP contribution in [-0.2, 0) is 15.9 Å². The van der Waals surface area contributed by atoms with Crippen LogP contribution in [0.2, 0.25) is 0 Å². The molecular weight excluding hydrogens is 256 g/mol. The molecule has 5 nitrogen and oxygen atoms in total. The molecule has 1 aliphatic heterocycles. The summed E-state index contributed by atoms with van der Waals surface area (Å²) in [5, 5.41) is 6.43. The van der Waals surface area contributed by atoms with Crippen LogP contribution in [0.5, 0.6) is 0 Å². The van der Waals surface area contributed by atoms with Gasteiger partial charge < -0.3 is 20.1 Å². The van der Waals surface area contributed by atoms with Crippen molar-refractivity contribution < 1.29 is 14.3 Å². The Morgan fingerprint density at radius 1 is 1.40 bits per heavy atom. The topological polar surface area (TPSA) is 59.6 Å². The molecule has 1 atom stereocenters. The molecule has 110 valence electrons. The van der Waals surface area contributed by atoms with Gasteiger partial charge in [-0.3, -0.25) is 4.79 Å². The Labute approximate surface area is 119 Å². The summed E-state index contributed by atoms with van der Waals surface area (Å²) in [6.45, 7) is 3.28. The molecule has 1 aromatic rings. The van der Waals surface area contributed by atoms with E-state index in [0.29, 0.717) is 6.54 Å². The van der Waals surface area contributed by atoms with E-state index in [1.807, 2.05) is 25.1 Å². The number of ether oxygens (including phenoxy) is 2. The molecule has 0 aliphatic carbocycles. The number of Topliss-reactive ketones (excluding diaryl/α,β-unsaturated/α-hetero) is 1. The lowest BCUT2D eigenvalue weighted by Gasteiger charge is -2.18. The first-order chi connectivity index (χ1) is 9.65. The average molecular weight is 278 g/mol. The summed E-state index contributed by atoms with van der Waals surface area (Å²) in [4.78, 5) is 12.4. The van der Waals surface area contributed by atoms with Gasteiger partial charge in [-0.25, -0.2) is 0 Å². The van der Waals surface area contributed by atoms with Crippen molar-refractivity contribution in [2.75, 3.05) is 32.6 Å². The molecule has 0 aromatic heterocycles. The second-order valence-corrected chi connectivity index (χ2v) is 4.94. The third-order valence-corrected chi connectivity index (χ3v) is 3.61. The quantitative estimate of drug-likeness (QED) is 0.584. The van der Waals surface area contributed by atoms with E-state index in [4.69, 9.17) is 9.47 Å². The zero-order chi connectivity index (χ0) is 14.5. The Kier molecular flexibility index (Phi) is 5.11. The summed E-state index contributed by atoms with van der Waals surface area (Å²) < 4.78 is 10.2. The fourth-order valence-electron chi connectivity index (χ4n) is 2.34. The van der Waals surface area contributed by atoms with Crippen molar-refractivity contribution in [2.24, 2.45) is 0 Å². The molecule has 0 radical (unpaired) electrons. The maximum Gasteiger partial charge on any atom is 0.179 e. The number of carbonyl (C=O) groups is 1. The Morgan fingerprint density at radius 3 is 2.85 bits per heavy atom. The van der Waals surface area contributed by atoms with Crippen molar-refractivity contribution in [3.8, 4) is 0 Å². The fraction of sp³-hybridized carbons (Fsp3) is 0.533. The van der Waals surface area contributed by atoms with Crippen LogP contribution in [0, 0.1) is 0 Å². The van der Waals surface area contributed by atoms with Crippen LogP contribution < -0.4 is 10.6 Å². The van der Waals surface area contributed by atoms with Crippen LogP contribution in [0.25, 0.3) is 0 Å². The van der Waals surface area contributed by atoms with Gasteiger partial charge in [0.25, 0.3) is 0 Å².